The number of carbonyl (C=O) groups excluding carboxylic acids is 1. The number of amides is 1. The average molecular weight is 315 g/mol. The Morgan fingerprint density at radius 2 is 1.73 bits per heavy atom. The smallest absolute Gasteiger partial charge is 0.336 e. The van der Waals surface area contributed by atoms with E-state index in [1.165, 1.54) is 4.90 Å². The predicted molar refractivity (Wildman–Crippen MR) is 77.3 cm³/mol. The molecule has 1 heterocycles. The summed E-state index contributed by atoms with van der Waals surface area (Å²) in [6.07, 6.45) is -4.23. The van der Waals surface area contributed by atoms with Crippen LogP contribution in [0.2, 0.25) is 0 Å². The highest BCUT2D eigenvalue weighted by Gasteiger charge is 2.41. The minimum absolute atomic E-state index is 0.150. The van der Waals surface area contributed by atoms with Crippen LogP contribution in [0.4, 0.5) is 13.2 Å². The van der Waals surface area contributed by atoms with Gasteiger partial charge in [-0.05, 0) is 24.6 Å². The molecule has 7 heteroatoms. The van der Waals surface area contributed by atoms with Crippen LogP contribution in [0, 0.1) is 0 Å². The lowest BCUT2D eigenvalue weighted by Crippen LogP contribution is -2.54. The molecule has 0 aliphatic carbocycles. The van der Waals surface area contributed by atoms with Crippen LogP contribution in [0.25, 0.3) is 0 Å². The minimum atomic E-state index is -4.23. The highest BCUT2D eigenvalue weighted by Crippen LogP contribution is 2.25. The summed E-state index contributed by atoms with van der Waals surface area (Å²) in [5.41, 5.74) is 6.97. The van der Waals surface area contributed by atoms with Gasteiger partial charge in [-0.1, -0.05) is 12.1 Å². The molecule has 0 spiro atoms. The van der Waals surface area contributed by atoms with Crippen molar-refractivity contribution >= 4 is 5.91 Å². The molecule has 1 aliphatic rings. The second-order valence-corrected chi connectivity index (χ2v) is 5.45. The van der Waals surface area contributed by atoms with Gasteiger partial charge in [0.1, 0.15) is 6.04 Å². The molecule has 1 saturated heterocycles. The summed E-state index contributed by atoms with van der Waals surface area (Å²) < 4.78 is 38.1. The lowest BCUT2D eigenvalue weighted by Gasteiger charge is -2.38. The van der Waals surface area contributed by atoms with Gasteiger partial charge in [0.15, 0.2) is 0 Å². The molecular formula is C15H20F3N3O. The van der Waals surface area contributed by atoms with Crippen LogP contribution in [0.15, 0.2) is 24.3 Å². The summed E-state index contributed by atoms with van der Waals surface area (Å²) in [7, 11) is 0. The van der Waals surface area contributed by atoms with E-state index < -0.39 is 12.2 Å². The lowest BCUT2D eigenvalue weighted by molar-refractivity contribution is -0.181. The van der Waals surface area contributed by atoms with Crippen LogP contribution >= 0.6 is 0 Å². The Bertz CT molecular complexity index is 508. The van der Waals surface area contributed by atoms with Crippen molar-refractivity contribution in [3.63, 3.8) is 0 Å². The van der Waals surface area contributed by atoms with E-state index in [0.717, 1.165) is 12.5 Å². The Hall–Kier alpha value is -1.60. The van der Waals surface area contributed by atoms with Crippen molar-refractivity contribution in [2.24, 2.45) is 5.73 Å². The second-order valence-electron chi connectivity index (χ2n) is 5.45. The van der Waals surface area contributed by atoms with Crippen molar-refractivity contribution < 1.29 is 18.0 Å². The summed E-state index contributed by atoms with van der Waals surface area (Å²) in [5, 5.41) is 0. The molecule has 2 rings (SSSR count). The summed E-state index contributed by atoms with van der Waals surface area (Å²) in [6, 6.07) is 5.50. The molecule has 122 valence electrons. The molecule has 1 unspecified atom stereocenters. The van der Waals surface area contributed by atoms with Gasteiger partial charge in [-0.3, -0.25) is 9.69 Å². The highest BCUT2D eigenvalue weighted by atomic mass is 19.4. The van der Waals surface area contributed by atoms with E-state index in [2.05, 4.69) is 0 Å². The van der Waals surface area contributed by atoms with E-state index >= 15 is 0 Å². The SMILES string of the molecule is CC(N1CCN(C(=O)c2ccc(CN)cc2)CC1)C(F)(F)F. The van der Waals surface area contributed by atoms with Gasteiger partial charge in [-0.25, -0.2) is 0 Å². The molecule has 0 radical (unpaired) electrons. The van der Waals surface area contributed by atoms with Crippen molar-refractivity contribution in [2.45, 2.75) is 25.7 Å². The van der Waals surface area contributed by atoms with Crippen molar-refractivity contribution in [1.82, 2.24) is 9.80 Å². The first-order chi connectivity index (χ1) is 10.3. The van der Waals surface area contributed by atoms with E-state index in [9.17, 15) is 18.0 Å². The number of benzene rings is 1. The molecule has 1 aliphatic heterocycles. The zero-order chi connectivity index (χ0) is 16.3. The maximum atomic E-state index is 12.7. The Morgan fingerprint density at radius 3 is 2.18 bits per heavy atom. The first kappa shape index (κ1) is 16.8. The van der Waals surface area contributed by atoms with Crippen LogP contribution in [0.5, 0.6) is 0 Å². The van der Waals surface area contributed by atoms with Crippen molar-refractivity contribution in [3.8, 4) is 0 Å². The lowest BCUT2D eigenvalue weighted by atomic mass is 10.1. The summed E-state index contributed by atoms with van der Waals surface area (Å²) >= 11 is 0. The third-order valence-corrected chi connectivity index (χ3v) is 4.06. The Kier molecular flexibility index (Phi) is 5.08. The molecule has 22 heavy (non-hydrogen) atoms. The predicted octanol–water partition coefficient (Wildman–Crippen LogP) is 1.85. The van der Waals surface area contributed by atoms with Crippen molar-refractivity contribution in [2.75, 3.05) is 26.2 Å². The van der Waals surface area contributed by atoms with Gasteiger partial charge in [-0.2, -0.15) is 13.2 Å². The highest BCUT2D eigenvalue weighted by molar-refractivity contribution is 5.94. The maximum absolute atomic E-state index is 12.7. The summed E-state index contributed by atoms with van der Waals surface area (Å²) in [4.78, 5) is 15.3. The van der Waals surface area contributed by atoms with Gasteiger partial charge in [-0.15, -0.1) is 0 Å². The van der Waals surface area contributed by atoms with Gasteiger partial charge in [0.25, 0.3) is 5.91 Å². The second kappa shape index (κ2) is 6.66. The fourth-order valence-corrected chi connectivity index (χ4v) is 2.49. The zero-order valence-corrected chi connectivity index (χ0v) is 12.4. The summed E-state index contributed by atoms with van der Waals surface area (Å²) in [5.74, 6) is -0.150. The number of alkyl halides is 3. The van der Waals surface area contributed by atoms with Gasteiger partial charge >= 0.3 is 6.18 Å². The summed E-state index contributed by atoms with van der Waals surface area (Å²) in [6.45, 7) is 2.63. The number of hydrogen-bond acceptors (Lipinski definition) is 3. The van der Waals surface area contributed by atoms with Crippen LogP contribution < -0.4 is 5.73 Å². The molecule has 1 fully saturated rings. The topological polar surface area (TPSA) is 49.6 Å². The van der Waals surface area contributed by atoms with Crippen LogP contribution in [0.3, 0.4) is 0 Å². The van der Waals surface area contributed by atoms with Gasteiger partial charge in [0.2, 0.25) is 0 Å². The van der Waals surface area contributed by atoms with E-state index in [4.69, 9.17) is 5.73 Å². The first-order valence-electron chi connectivity index (χ1n) is 7.22. The molecule has 1 aromatic carbocycles. The molecule has 1 amide bonds. The molecule has 0 bridgehead atoms. The van der Waals surface area contributed by atoms with Gasteiger partial charge in [0, 0.05) is 38.3 Å². The molecular weight excluding hydrogens is 295 g/mol. The van der Waals surface area contributed by atoms with Crippen LogP contribution in [-0.4, -0.2) is 54.1 Å². The maximum Gasteiger partial charge on any atom is 0.403 e. The number of halogens is 3. The Morgan fingerprint density at radius 1 is 1.18 bits per heavy atom. The average Bonchev–Trinajstić information content (AvgIpc) is 2.53. The van der Waals surface area contributed by atoms with Gasteiger partial charge in [0.05, 0.1) is 0 Å². The Labute approximate surface area is 127 Å². The molecule has 0 aromatic heterocycles. The largest absolute Gasteiger partial charge is 0.403 e. The van der Waals surface area contributed by atoms with Crippen LogP contribution in [-0.2, 0) is 6.54 Å². The fraction of sp³-hybridized carbons (Fsp3) is 0.533. The van der Waals surface area contributed by atoms with Crippen molar-refractivity contribution in [1.29, 1.82) is 0 Å². The number of rotatable bonds is 3. The number of piperazine rings is 1. The number of carbonyl (C=O) groups is 1. The first-order valence-corrected chi connectivity index (χ1v) is 7.22. The molecule has 1 atom stereocenters. The number of nitrogens with zero attached hydrogens (tertiary/aromatic N) is 2. The third kappa shape index (κ3) is 3.78. The fourth-order valence-electron chi connectivity index (χ4n) is 2.49. The standard InChI is InChI=1S/C15H20F3N3O/c1-11(15(16,17)18)20-6-8-21(9-7-20)14(22)13-4-2-12(10-19)3-5-13/h2-5,11H,6-10,19H2,1H3. The zero-order valence-electron chi connectivity index (χ0n) is 12.4. The molecule has 1 aromatic rings. The van der Waals surface area contributed by atoms with E-state index in [1.807, 2.05) is 0 Å². The van der Waals surface area contributed by atoms with Crippen LogP contribution in [0.1, 0.15) is 22.8 Å². The van der Waals surface area contributed by atoms with Gasteiger partial charge < -0.3 is 10.6 Å². The Balaban J connectivity index is 1.94. The molecule has 0 saturated carbocycles. The van der Waals surface area contributed by atoms with E-state index in [0.29, 0.717) is 25.2 Å². The monoisotopic (exact) mass is 315 g/mol. The minimum Gasteiger partial charge on any atom is -0.336 e. The molecule has 2 N–H and O–H groups in total. The number of nitrogens with two attached hydrogens (primary N) is 1. The normalized spacial score (nSPS) is 18.3. The van der Waals surface area contributed by atoms with E-state index in [1.54, 1.807) is 29.2 Å². The van der Waals surface area contributed by atoms with E-state index in [-0.39, 0.29) is 19.0 Å². The van der Waals surface area contributed by atoms with Crippen molar-refractivity contribution in [3.05, 3.63) is 35.4 Å². The number of hydrogen-bond donors (Lipinski definition) is 1. The quantitative estimate of drug-likeness (QED) is 0.926. The third-order valence-electron chi connectivity index (χ3n) is 4.06. The molecule has 4 nitrogen and oxygen atoms in total.